The number of nitrogens with zero attached hydrogens (tertiary/aromatic N) is 1. The van der Waals surface area contributed by atoms with Crippen LogP contribution in [0.15, 0.2) is 0 Å². The van der Waals surface area contributed by atoms with Gasteiger partial charge in [-0.2, -0.15) is 0 Å². The molecule has 3 N–H and O–H groups in total. The Morgan fingerprint density at radius 2 is 2.04 bits per heavy atom. The molecule has 0 saturated carbocycles. The molecule has 23 heavy (non-hydrogen) atoms. The summed E-state index contributed by atoms with van der Waals surface area (Å²) in [4.78, 5) is 26.3. The van der Waals surface area contributed by atoms with Crippen LogP contribution in [0.2, 0.25) is 0 Å². The Morgan fingerprint density at radius 3 is 2.70 bits per heavy atom. The molecule has 2 aliphatic rings. The first kappa shape index (κ1) is 20.0. The van der Waals surface area contributed by atoms with Gasteiger partial charge in [-0.3, -0.25) is 4.79 Å². The molecule has 0 aromatic heterocycles. The minimum Gasteiger partial charge on any atom is -0.352 e. The third-order valence-electron chi connectivity index (χ3n) is 4.38. The summed E-state index contributed by atoms with van der Waals surface area (Å²) in [5.74, 6) is 0.474. The summed E-state index contributed by atoms with van der Waals surface area (Å²) in [5.41, 5.74) is 0. The Bertz CT molecular complexity index is 386. The molecule has 0 spiro atoms. The van der Waals surface area contributed by atoms with Gasteiger partial charge in [0, 0.05) is 32.2 Å². The van der Waals surface area contributed by atoms with E-state index in [0.29, 0.717) is 19.0 Å². The zero-order valence-corrected chi connectivity index (χ0v) is 15.1. The van der Waals surface area contributed by atoms with Crippen molar-refractivity contribution in [3.8, 4) is 0 Å². The van der Waals surface area contributed by atoms with Gasteiger partial charge in [0.05, 0.1) is 5.92 Å². The lowest BCUT2D eigenvalue weighted by Gasteiger charge is -2.33. The highest BCUT2D eigenvalue weighted by Crippen LogP contribution is 2.17. The second-order valence-electron chi connectivity index (χ2n) is 6.92. The first-order chi connectivity index (χ1) is 10.6. The quantitative estimate of drug-likeness (QED) is 0.719. The molecule has 2 fully saturated rings. The maximum Gasteiger partial charge on any atom is 0.317 e. The largest absolute Gasteiger partial charge is 0.352 e. The smallest absolute Gasteiger partial charge is 0.317 e. The van der Waals surface area contributed by atoms with Gasteiger partial charge < -0.3 is 20.9 Å². The van der Waals surface area contributed by atoms with Gasteiger partial charge in [0.1, 0.15) is 0 Å². The van der Waals surface area contributed by atoms with Crippen molar-refractivity contribution in [1.82, 2.24) is 20.9 Å². The minimum absolute atomic E-state index is 0. The van der Waals surface area contributed by atoms with Gasteiger partial charge in [0.2, 0.25) is 5.91 Å². The van der Waals surface area contributed by atoms with Gasteiger partial charge in [-0.25, -0.2) is 4.79 Å². The van der Waals surface area contributed by atoms with E-state index in [9.17, 15) is 9.59 Å². The van der Waals surface area contributed by atoms with Crippen molar-refractivity contribution in [1.29, 1.82) is 0 Å². The molecule has 6 nitrogen and oxygen atoms in total. The highest BCUT2D eigenvalue weighted by Gasteiger charge is 2.29. The predicted octanol–water partition coefficient (Wildman–Crippen LogP) is 1.35. The van der Waals surface area contributed by atoms with Crippen molar-refractivity contribution >= 4 is 24.3 Å². The lowest BCUT2D eigenvalue weighted by atomic mass is 9.96. The van der Waals surface area contributed by atoms with Crippen LogP contribution in [-0.2, 0) is 4.79 Å². The molecule has 7 heteroatoms. The number of carbonyl (C=O) groups excluding carboxylic acids is 2. The molecule has 3 amide bonds. The van der Waals surface area contributed by atoms with Gasteiger partial charge in [-0.05, 0) is 38.1 Å². The van der Waals surface area contributed by atoms with E-state index in [-0.39, 0.29) is 36.3 Å². The number of hydrogen-bond acceptors (Lipinski definition) is 3. The fourth-order valence-electron chi connectivity index (χ4n) is 3.07. The second-order valence-corrected chi connectivity index (χ2v) is 6.92. The monoisotopic (exact) mass is 346 g/mol. The van der Waals surface area contributed by atoms with Crippen LogP contribution in [0.25, 0.3) is 0 Å². The second kappa shape index (κ2) is 9.98. The van der Waals surface area contributed by atoms with Crippen LogP contribution in [0.4, 0.5) is 4.79 Å². The molecule has 2 atom stereocenters. The van der Waals surface area contributed by atoms with Crippen LogP contribution >= 0.6 is 12.4 Å². The van der Waals surface area contributed by atoms with Crippen LogP contribution in [0.5, 0.6) is 0 Å². The van der Waals surface area contributed by atoms with Crippen LogP contribution in [0.3, 0.4) is 0 Å². The number of nitrogens with one attached hydrogen (secondary N) is 3. The molecular weight excluding hydrogens is 316 g/mol. The molecule has 0 aromatic rings. The summed E-state index contributed by atoms with van der Waals surface area (Å²) in [6, 6.07) is 0.205. The SMILES string of the molecule is CC(C)CNC(=O)N1CCCC(C(=O)N[C@H]2CCCNC2)C1.Cl. The first-order valence-electron chi connectivity index (χ1n) is 8.60. The summed E-state index contributed by atoms with van der Waals surface area (Å²) in [6.07, 6.45) is 3.93. The molecule has 2 saturated heterocycles. The van der Waals surface area contributed by atoms with Crippen molar-refractivity contribution in [2.45, 2.75) is 45.6 Å². The van der Waals surface area contributed by atoms with E-state index in [1.54, 1.807) is 4.90 Å². The van der Waals surface area contributed by atoms with Crippen LogP contribution in [0, 0.1) is 11.8 Å². The van der Waals surface area contributed by atoms with E-state index in [2.05, 4.69) is 29.8 Å². The number of hydrogen-bond donors (Lipinski definition) is 3. The zero-order valence-electron chi connectivity index (χ0n) is 14.3. The third kappa shape index (κ3) is 6.55. The Morgan fingerprint density at radius 1 is 1.26 bits per heavy atom. The highest BCUT2D eigenvalue weighted by atomic mass is 35.5. The lowest BCUT2D eigenvalue weighted by Crippen LogP contribution is -2.52. The molecule has 2 heterocycles. The van der Waals surface area contributed by atoms with E-state index in [1.165, 1.54) is 0 Å². The number of carbonyl (C=O) groups is 2. The average Bonchev–Trinajstić information content (AvgIpc) is 2.53. The topological polar surface area (TPSA) is 73.5 Å². The fourth-order valence-corrected chi connectivity index (χ4v) is 3.07. The van der Waals surface area contributed by atoms with Gasteiger partial charge in [0.15, 0.2) is 0 Å². The van der Waals surface area contributed by atoms with Crippen molar-refractivity contribution in [2.24, 2.45) is 11.8 Å². The normalized spacial score (nSPS) is 24.7. The molecule has 0 aliphatic carbocycles. The Kier molecular flexibility index (Phi) is 8.69. The number of rotatable bonds is 4. The maximum absolute atomic E-state index is 12.4. The van der Waals surface area contributed by atoms with Crippen molar-refractivity contribution in [2.75, 3.05) is 32.7 Å². The van der Waals surface area contributed by atoms with E-state index in [4.69, 9.17) is 0 Å². The van der Waals surface area contributed by atoms with E-state index in [0.717, 1.165) is 45.3 Å². The van der Waals surface area contributed by atoms with Gasteiger partial charge in [-0.15, -0.1) is 12.4 Å². The van der Waals surface area contributed by atoms with Gasteiger partial charge >= 0.3 is 6.03 Å². The molecule has 1 unspecified atom stereocenters. The molecule has 0 bridgehead atoms. The summed E-state index contributed by atoms with van der Waals surface area (Å²) in [6.45, 7) is 8.01. The Hall–Kier alpha value is -1.01. The summed E-state index contributed by atoms with van der Waals surface area (Å²) in [5, 5.41) is 9.38. The molecular formula is C16H31ClN4O2. The van der Waals surface area contributed by atoms with E-state index in [1.807, 2.05) is 0 Å². The molecule has 2 aliphatic heterocycles. The number of piperidine rings is 2. The lowest BCUT2D eigenvalue weighted by molar-refractivity contribution is -0.127. The average molecular weight is 347 g/mol. The van der Waals surface area contributed by atoms with Crippen LogP contribution in [0.1, 0.15) is 39.5 Å². The highest BCUT2D eigenvalue weighted by molar-refractivity contribution is 5.85. The number of likely N-dealkylation sites (tertiary alicyclic amines) is 1. The number of amides is 3. The van der Waals surface area contributed by atoms with Crippen LogP contribution in [-0.4, -0.2) is 55.6 Å². The number of halogens is 1. The molecule has 134 valence electrons. The predicted molar refractivity (Wildman–Crippen MR) is 93.8 cm³/mol. The Labute approximate surface area is 145 Å². The van der Waals surface area contributed by atoms with Gasteiger partial charge in [0.25, 0.3) is 0 Å². The first-order valence-corrected chi connectivity index (χ1v) is 8.60. The minimum atomic E-state index is -0.0690. The standard InChI is InChI=1S/C16H30N4O2.ClH/c1-12(2)9-18-16(22)20-8-4-5-13(11-20)15(21)19-14-6-3-7-17-10-14;/h12-14,17H,3-11H2,1-2H3,(H,18,22)(H,19,21);1H/t13?,14-;/m0./s1. The van der Waals surface area contributed by atoms with Gasteiger partial charge in [-0.1, -0.05) is 13.8 Å². The van der Waals surface area contributed by atoms with Crippen molar-refractivity contribution in [3.63, 3.8) is 0 Å². The zero-order chi connectivity index (χ0) is 15.9. The summed E-state index contributed by atoms with van der Waals surface area (Å²) < 4.78 is 0. The fraction of sp³-hybridized carbons (Fsp3) is 0.875. The van der Waals surface area contributed by atoms with E-state index < -0.39 is 0 Å². The Balaban J connectivity index is 0.00000264. The molecule has 2 rings (SSSR count). The molecule has 0 radical (unpaired) electrons. The molecule has 0 aromatic carbocycles. The summed E-state index contributed by atoms with van der Waals surface area (Å²) in [7, 11) is 0. The van der Waals surface area contributed by atoms with Crippen molar-refractivity contribution in [3.05, 3.63) is 0 Å². The maximum atomic E-state index is 12.4. The van der Waals surface area contributed by atoms with Crippen molar-refractivity contribution < 1.29 is 9.59 Å². The third-order valence-corrected chi connectivity index (χ3v) is 4.38. The summed E-state index contributed by atoms with van der Waals surface area (Å²) >= 11 is 0. The van der Waals surface area contributed by atoms with E-state index >= 15 is 0 Å². The van der Waals surface area contributed by atoms with Crippen LogP contribution < -0.4 is 16.0 Å². The number of urea groups is 1.